The smallest absolute Gasteiger partial charge is 0.328 e. The van der Waals surface area contributed by atoms with E-state index in [1.807, 2.05) is 0 Å². The highest BCUT2D eigenvalue weighted by Gasteiger charge is 2.33. The fourth-order valence-corrected chi connectivity index (χ4v) is 3.25. The summed E-state index contributed by atoms with van der Waals surface area (Å²) in [6, 6.07) is -1.38. The number of esters is 1. The van der Waals surface area contributed by atoms with Gasteiger partial charge in [0.15, 0.2) is 0 Å². The van der Waals surface area contributed by atoms with Crippen LogP contribution < -0.4 is 11.1 Å². The van der Waals surface area contributed by atoms with Gasteiger partial charge in [0.1, 0.15) is 11.8 Å². The van der Waals surface area contributed by atoms with Gasteiger partial charge in [-0.15, -0.1) is 0 Å². The van der Waals surface area contributed by atoms with Gasteiger partial charge in [0.25, 0.3) is 0 Å². The Morgan fingerprint density at radius 3 is 2.50 bits per heavy atom. The minimum absolute atomic E-state index is 0.160. The number of amides is 1. The number of nitrogens with one attached hydrogen (secondary N) is 1. The molecule has 22 heavy (non-hydrogen) atoms. The van der Waals surface area contributed by atoms with E-state index in [1.54, 1.807) is 0 Å². The molecule has 0 radical (unpaired) electrons. The van der Waals surface area contributed by atoms with Gasteiger partial charge in [-0.3, -0.25) is 9.59 Å². The zero-order valence-corrected chi connectivity index (χ0v) is 13.2. The molecule has 0 aliphatic heterocycles. The van der Waals surface area contributed by atoms with Crippen molar-refractivity contribution in [1.29, 1.82) is 0 Å². The highest BCUT2D eigenvalue weighted by atomic mass is 16.5. The first kappa shape index (κ1) is 16.9. The molecular weight excluding hydrogens is 284 g/mol. The summed E-state index contributed by atoms with van der Waals surface area (Å²) >= 11 is 0. The molecule has 0 bridgehead atoms. The van der Waals surface area contributed by atoms with Crippen LogP contribution in [0.15, 0.2) is 0 Å². The molecule has 0 aromatic carbocycles. The summed E-state index contributed by atoms with van der Waals surface area (Å²) in [5, 5.41) is 2.68. The van der Waals surface area contributed by atoms with Gasteiger partial charge in [0.2, 0.25) is 5.91 Å². The fraction of sp³-hybridized carbons (Fsp3) is 0.812. The Hall–Kier alpha value is -1.43. The van der Waals surface area contributed by atoms with Crippen LogP contribution in [0.5, 0.6) is 0 Å². The predicted molar refractivity (Wildman–Crippen MR) is 80.8 cm³/mol. The van der Waals surface area contributed by atoms with E-state index in [0.29, 0.717) is 25.2 Å². The maximum atomic E-state index is 12.2. The molecule has 2 aliphatic carbocycles. The standard InChI is InChI=1S/C16H26N2O4/c1-22-16(21)13(9-11-6-3-7-14(11)19)18-15(20)12(17)8-10-4-2-5-10/h10-13H,2-9,17H2,1H3,(H,18,20)/t11-,12-,13-/m0/s1. The van der Waals surface area contributed by atoms with Crippen LogP contribution in [0.4, 0.5) is 0 Å². The van der Waals surface area contributed by atoms with Crippen LogP contribution in [0, 0.1) is 11.8 Å². The molecule has 0 aromatic rings. The van der Waals surface area contributed by atoms with Crippen LogP contribution in [-0.4, -0.2) is 36.9 Å². The highest BCUT2D eigenvalue weighted by Crippen LogP contribution is 2.30. The molecule has 3 atom stereocenters. The van der Waals surface area contributed by atoms with Gasteiger partial charge < -0.3 is 15.8 Å². The summed E-state index contributed by atoms with van der Waals surface area (Å²) in [7, 11) is 1.28. The number of ether oxygens (including phenoxy) is 1. The van der Waals surface area contributed by atoms with Crippen LogP contribution in [0.1, 0.15) is 51.4 Å². The van der Waals surface area contributed by atoms with Gasteiger partial charge in [-0.05, 0) is 31.6 Å². The van der Waals surface area contributed by atoms with E-state index in [2.05, 4.69) is 5.32 Å². The van der Waals surface area contributed by atoms with E-state index in [1.165, 1.54) is 13.5 Å². The molecule has 3 N–H and O–H groups in total. The number of nitrogens with two attached hydrogens (primary N) is 1. The van der Waals surface area contributed by atoms with Crippen molar-refractivity contribution in [1.82, 2.24) is 5.32 Å². The average molecular weight is 310 g/mol. The number of rotatable bonds is 7. The summed E-state index contributed by atoms with van der Waals surface area (Å²) in [5.41, 5.74) is 5.92. The van der Waals surface area contributed by atoms with Gasteiger partial charge in [-0.2, -0.15) is 0 Å². The van der Waals surface area contributed by atoms with Crippen molar-refractivity contribution in [3.05, 3.63) is 0 Å². The van der Waals surface area contributed by atoms with Gasteiger partial charge >= 0.3 is 5.97 Å². The molecule has 0 spiro atoms. The van der Waals surface area contributed by atoms with E-state index in [9.17, 15) is 14.4 Å². The number of hydrogen-bond donors (Lipinski definition) is 2. The van der Waals surface area contributed by atoms with E-state index < -0.39 is 18.1 Å². The first-order chi connectivity index (χ1) is 10.5. The van der Waals surface area contributed by atoms with Crippen molar-refractivity contribution in [3.8, 4) is 0 Å². The third-order valence-corrected chi connectivity index (χ3v) is 4.90. The molecule has 2 rings (SSSR count). The van der Waals surface area contributed by atoms with E-state index in [0.717, 1.165) is 25.7 Å². The molecule has 0 heterocycles. The lowest BCUT2D eigenvalue weighted by Gasteiger charge is -2.28. The Morgan fingerprint density at radius 1 is 1.27 bits per heavy atom. The Morgan fingerprint density at radius 2 is 2.00 bits per heavy atom. The summed E-state index contributed by atoms with van der Waals surface area (Å²) in [5.74, 6) is -0.306. The second-order valence-corrected chi connectivity index (χ2v) is 6.51. The van der Waals surface area contributed by atoms with Crippen molar-refractivity contribution >= 4 is 17.7 Å². The summed E-state index contributed by atoms with van der Waals surface area (Å²) in [6.07, 6.45) is 6.61. The average Bonchev–Trinajstić information content (AvgIpc) is 2.86. The lowest BCUT2D eigenvalue weighted by Crippen LogP contribution is -2.50. The maximum absolute atomic E-state index is 12.2. The second-order valence-electron chi connectivity index (χ2n) is 6.51. The SMILES string of the molecule is COC(=O)[C@H](C[C@@H]1CCCC1=O)NC(=O)[C@@H](N)CC1CCC1. The number of ketones is 1. The number of methoxy groups -OCH3 is 1. The highest BCUT2D eigenvalue weighted by molar-refractivity contribution is 5.88. The Kier molecular flexibility index (Phi) is 5.94. The first-order valence-electron chi connectivity index (χ1n) is 8.17. The van der Waals surface area contributed by atoms with Crippen LogP contribution in [0.3, 0.4) is 0 Å². The molecular formula is C16H26N2O4. The maximum Gasteiger partial charge on any atom is 0.328 e. The van der Waals surface area contributed by atoms with Gasteiger partial charge in [0, 0.05) is 12.3 Å². The Bertz CT molecular complexity index is 434. The normalized spacial score (nSPS) is 24.5. The van der Waals surface area contributed by atoms with Crippen molar-refractivity contribution in [2.75, 3.05) is 7.11 Å². The van der Waals surface area contributed by atoms with Crippen molar-refractivity contribution in [2.45, 2.75) is 63.5 Å². The molecule has 1 amide bonds. The fourth-order valence-electron chi connectivity index (χ4n) is 3.25. The summed E-state index contributed by atoms with van der Waals surface area (Å²) < 4.78 is 4.75. The third-order valence-electron chi connectivity index (χ3n) is 4.90. The number of carbonyl (C=O) groups excluding carboxylic acids is 3. The summed E-state index contributed by atoms with van der Waals surface area (Å²) in [4.78, 5) is 35.8. The number of carbonyl (C=O) groups is 3. The molecule has 2 fully saturated rings. The second kappa shape index (κ2) is 7.72. The molecule has 2 aliphatic rings. The first-order valence-corrected chi connectivity index (χ1v) is 8.17. The molecule has 6 heteroatoms. The zero-order chi connectivity index (χ0) is 16.1. The molecule has 124 valence electrons. The number of hydrogen-bond acceptors (Lipinski definition) is 5. The van der Waals surface area contributed by atoms with Gasteiger partial charge in [0.05, 0.1) is 13.2 Å². The van der Waals surface area contributed by atoms with Crippen LogP contribution in [0.2, 0.25) is 0 Å². The molecule has 0 saturated heterocycles. The zero-order valence-electron chi connectivity index (χ0n) is 13.2. The predicted octanol–water partition coefficient (Wildman–Crippen LogP) is 0.921. The minimum atomic E-state index is -0.781. The molecule has 2 saturated carbocycles. The molecule has 6 nitrogen and oxygen atoms in total. The lowest BCUT2D eigenvalue weighted by molar-refractivity contribution is -0.146. The topological polar surface area (TPSA) is 98.5 Å². The molecule has 0 aromatic heterocycles. The van der Waals surface area contributed by atoms with Crippen LogP contribution in [0.25, 0.3) is 0 Å². The van der Waals surface area contributed by atoms with Crippen molar-refractivity contribution in [2.24, 2.45) is 17.6 Å². The van der Waals surface area contributed by atoms with Crippen molar-refractivity contribution in [3.63, 3.8) is 0 Å². The minimum Gasteiger partial charge on any atom is -0.467 e. The largest absolute Gasteiger partial charge is 0.467 e. The quantitative estimate of drug-likeness (QED) is 0.681. The van der Waals surface area contributed by atoms with E-state index in [4.69, 9.17) is 10.5 Å². The summed E-state index contributed by atoms with van der Waals surface area (Å²) in [6.45, 7) is 0. The van der Waals surface area contributed by atoms with Crippen molar-refractivity contribution < 1.29 is 19.1 Å². The van der Waals surface area contributed by atoms with Crippen LogP contribution >= 0.6 is 0 Å². The molecule has 0 unspecified atom stereocenters. The van der Waals surface area contributed by atoms with Gasteiger partial charge in [-0.1, -0.05) is 19.3 Å². The number of Topliss-reactive ketones (excluding diaryl/α,β-unsaturated/α-hetero) is 1. The van der Waals surface area contributed by atoms with E-state index in [-0.39, 0.29) is 17.6 Å². The lowest BCUT2D eigenvalue weighted by atomic mass is 9.81. The Labute approximate surface area is 131 Å². The monoisotopic (exact) mass is 310 g/mol. The third kappa shape index (κ3) is 4.29. The van der Waals surface area contributed by atoms with Gasteiger partial charge in [-0.25, -0.2) is 4.79 Å². The Balaban J connectivity index is 1.88. The van der Waals surface area contributed by atoms with E-state index >= 15 is 0 Å². The van der Waals surface area contributed by atoms with Crippen LogP contribution in [-0.2, 0) is 19.1 Å².